The molecule has 2 saturated carbocycles. The summed E-state index contributed by atoms with van der Waals surface area (Å²) in [6.07, 6.45) is 12.1. The van der Waals surface area contributed by atoms with Gasteiger partial charge in [0.25, 0.3) is 11.1 Å². The second-order valence-corrected chi connectivity index (χ2v) is 8.14. The summed E-state index contributed by atoms with van der Waals surface area (Å²) in [4.78, 5) is 33.2. The molecule has 1 N–H and O–H groups in total. The number of nitrogens with zero attached hydrogens (tertiary/aromatic N) is 7. The topological polar surface area (TPSA) is 113 Å². The number of nitrogens with one attached hydrogen (secondary N) is 1. The van der Waals surface area contributed by atoms with E-state index in [1.165, 1.54) is 29.9 Å². The van der Waals surface area contributed by atoms with Gasteiger partial charge in [-0.3, -0.25) is 9.59 Å². The summed E-state index contributed by atoms with van der Waals surface area (Å²) in [5.41, 5.74) is -0.173. The summed E-state index contributed by atoms with van der Waals surface area (Å²) in [6.45, 7) is 0.777. The molecule has 0 atom stereocenters. The lowest BCUT2D eigenvalue weighted by Gasteiger charge is -2.29. The molecule has 156 valence electrons. The fourth-order valence-electron chi connectivity index (χ4n) is 4.05. The molecule has 0 aromatic carbocycles. The third-order valence-electron chi connectivity index (χ3n) is 5.91. The monoisotopic (exact) mass is 408 g/mol. The van der Waals surface area contributed by atoms with Gasteiger partial charge in [0, 0.05) is 31.0 Å². The largest absolute Gasteiger partial charge is 0.363 e. The number of aromatic nitrogens is 7. The first-order chi connectivity index (χ1) is 14.7. The molecule has 0 unspecified atom stereocenters. The molecular formula is C20H24N8O2. The number of anilines is 1. The van der Waals surface area contributed by atoms with E-state index in [1.54, 1.807) is 34.0 Å². The van der Waals surface area contributed by atoms with Crippen LogP contribution in [0.15, 0.2) is 46.8 Å². The van der Waals surface area contributed by atoms with Crippen molar-refractivity contribution in [3.63, 3.8) is 0 Å². The first-order valence-electron chi connectivity index (χ1n) is 10.4. The van der Waals surface area contributed by atoms with Crippen LogP contribution in [-0.4, -0.2) is 40.1 Å². The molecular weight excluding hydrogens is 384 g/mol. The van der Waals surface area contributed by atoms with E-state index < -0.39 is 0 Å². The SMILES string of the molecule is O=c1c(NC2CCC(n3nc(-n4cncn4)ccc3=O)CC2)nccn1CC1CC1. The molecule has 0 saturated heterocycles. The smallest absolute Gasteiger partial charge is 0.293 e. The van der Waals surface area contributed by atoms with Gasteiger partial charge in [0.05, 0.1) is 6.04 Å². The summed E-state index contributed by atoms with van der Waals surface area (Å²) in [7, 11) is 0. The Kier molecular flexibility index (Phi) is 4.89. The molecule has 0 aliphatic heterocycles. The van der Waals surface area contributed by atoms with Crippen molar-refractivity contribution < 1.29 is 0 Å². The molecule has 10 nitrogen and oxygen atoms in total. The molecule has 3 aromatic rings. The summed E-state index contributed by atoms with van der Waals surface area (Å²) in [5.74, 6) is 1.62. The van der Waals surface area contributed by atoms with Gasteiger partial charge in [-0.2, -0.15) is 5.10 Å². The lowest BCUT2D eigenvalue weighted by Crippen LogP contribution is -2.35. The van der Waals surface area contributed by atoms with Crippen molar-refractivity contribution in [2.45, 2.75) is 57.2 Å². The molecule has 2 fully saturated rings. The highest BCUT2D eigenvalue weighted by atomic mass is 16.1. The van der Waals surface area contributed by atoms with Crippen molar-refractivity contribution in [3.05, 3.63) is 57.9 Å². The van der Waals surface area contributed by atoms with Crippen molar-refractivity contribution >= 4 is 5.82 Å². The Hall–Kier alpha value is -3.30. The predicted octanol–water partition coefficient (Wildman–Crippen LogP) is 1.39. The van der Waals surface area contributed by atoms with E-state index in [0.717, 1.165) is 32.2 Å². The molecule has 2 aliphatic carbocycles. The Bertz CT molecular complexity index is 1120. The lowest BCUT2D eigenvalue weighted by atomic mass is 9.91. The number of rotatable bonds is 6. The van der Waals surface area contributed by atoms with E-state index in [-0.39, 0.29) is 23.2 Å². The van der Waals surface area contributed by atoms with E-state index in [1.807, 2.05) is 0 Å². The van der Waals surface area contributed by atoms with Crippen LogP contribution < -0.4 is 16.4 Å². The minimum atomic E-state index is -0.122. The van der Waals surface area contributed by atoms with Gasteiger partial charge >= 0.3 is 0 Å². The van der Waals surface area contributed by atoms with E-state index in [4.69, 9.17) is 0 Å². The van der Waals surface area contributed by atoms with E-state index in [0.29, 0.717) is 17.6 Å². The minimum Gasteiger partial charge on any atom is -0.363 e. The highest BCUT2D eigenvalue weighted by Gasteiger charge is 2.26. The van der Waals surface area contributed by atoms with Crippen LogP contribution >= 0.6 is 0 Å². The number of hydrogen-bond donors (Lipinski definition) is 1. The molecule has 10 heteroatoms. The molecule has 0 radical (unpaired) electrons. The Morgan fingerprint density at radius 1 is 1.07 bits per heavy atom. The van der Waals surface area contributed by atoms with Crippen LogP contribution in [0.3, 0.4) is 0 Å². The zero-order valence-electron chi connectivity index (χ0n) is 16.6. The van der Waals surface area contributed by atoms with Crippen molar-refractivity contribution in [2.24, 2.45) is 5.92 Å². The van der Waals surface area contributed by atoms with Gasteiger partial charge in [0.15, 0.2) is 11.6 Å². The first kappa shape index (κ1) is 18.7. The molecule has 0 bridgehead atoms. The third-order valence-corrected chi connectivity index (χ3v) is 5.91. The Morgan fingerprint density at radius 3 is 2.63 bits per heavy atom. The van der Waals surface area contributed by atoms with E-state index in [9.17, 15) is 9.59 Å². The average Bonchev–Trinajstić information content (AvgIpc) is 3.41. The second-order valence-electron chi connectivity index (χ2n) is 8.14. The fourth-order valence-corrected chi connectivity index (χ4v) is 4.05. The van der Waals surface area contributed by atoms with Crippen molar-refractivity contribution in [2.75, 3.05) is 5.32 Å². The van der Waals surface area contributed by atoms with Crippen LogP contribution in [0.25, 0.3) is 5.82 Å². The number of hydrogen-bond acceptors (Lipinski definition) is 7. The zero-order chi connectivity index (χ0) is 20.5. The van der Waals surface area contributed by atoms with E-state index in [2.05, 4.69) is 25.5 Å². The Morgan fingerprint density at radius 2 is 1.90 bits per heavy atom. The van der Waals surface area contributed by atoms with Crippen molar-refractivity contribution in [1.29, 1.82) is 0 Å². The Labute approximate surface area is 172 Å². The first-order valence-corrected chi connectivity index (χ1v) is 10.4. The van der Waals surface area contributed by atoms with Gasteiger partial charge in [-0.25, -0.2) is 19.3 Å². The van der Waals surface area contributed by atoms with Gasteiger partial charge in [-0.05, 0) is 50.5 Å². The van der Waals surface area contributed by atoms with Crippen LogP contribution in [0.1, 0.15) is 44.6 Å². The third kappa shape index (κ3) is 3.89. The van der Waals surface area contributed by atoms with Gasteiger partial charge in [-0.15, -0.1) is 5.10 Å². The summed E-state index contributed by atoms with van der Waals surface area (Å²) < 4.78 is 4.85. The standard InChI is InChI=1S/C20H24N8O2/c29-18-8-7-17(27-13-21-12-23-27)25-28(18)16-5-3-15(4-6-16)24-19-20(30)26(10-9-22-19)11-14-1-2-14/h7-10,12-16H,1-6,11H2,(H,22,24). The molecule has 30 heavy (non-hydrogen) atoms. The quantitative estimate of drug-likeness (QED) is 0.656. The molecule has 5 rings (SSSR count). The average molecular weight is 408 g/mol. The second kappa shape index (κ2) is 7.85. The maximum Gasteiger partial charge on any atom is 0.293 e. The Balaban J connectivity index is 1.26. The van der Waals surface area contributed by atoms with Gasteiger partial charge < -0.3 is 9.88 Å². The van der Waals surface area contributed by atoms with Crippen LogP contribution in [0.5, 0.6) is 0 Å². The summed E-state index contributed by atoms with van der Waals surface area (Å²) in [6, 6.07) is 3.35. The molecule has 3 heterocycles. The van der Waals surface area contributed by atoms with Gasteiger partial charge in [-0.1, -0.05) is 0 Å². The maximum absolute atomic E-state index is 12.7. The normalized spacial score (nSPS) is 21.5. The van der Waals surface area contributed by atoms with Crippen molar-refractivity contribution in [1.82, 2.24) is 34.1 Å². The molecule has 3 aromatic heterocycles. The van der Waals surface area contributed by atoms with Crippen molar-refractivity contribution in [3.8, 4) is 5.82 Å². The summed E-state index contributed by atoms with van der Waals surface area (Å²) >= 11 is 0. The van der Waals surface area contributed by atoms with E-state index >= 15 is 0 Å². The highest BCUT2D eigenvalue weighted by Crippen LogP contribution is 2.30. The molecule has 2 aliphatic rings. The minimum absolute atomic E-state index is 0.0225. The fraction of sp³-hybridized carbons (Fsp3) is 0.500. The van der Waals surface area contributed by atoms with Crippen LogP contribution in [0.2, 0.25) is 0 Å². The van der Waals surface area contributed by atoms with Gasteiger partial charge in [0.1, 0.15) is 12.7 Å². The van der Waals surface area contributed by atoms with Crippen LogP contribution in [0.4, 0.5) is 5.82 Å². The highest BCUT2D eigenvalue weighted by molar-refractivity contribution is 5.32. The molecule has 0 spiro atoms. The van der Waals surface area contributed by atoms with Crippen LogP contribution in [0, 0.1) is 5.92 Å². The predicted molar refractivity (Wildman–Crippen MR) is 110 cm³/mol. The van der Waals surface area contributed by atoms with Gasteiger partial charge in [0.2, 0.25) is 0 Å². The lowest BCUT2D eigenvalue weighted by molar-refractivity contribution is 0.302. The van der Waals surface area contributed by atoms with Crippen LogP contribution in [-0.2, 0) is 6.54 Å². The maximum atomic E-state index is 12.7. The zero-order valence-corrected chi connectivity index (χ0v) is 16.6. The summed E-state index contributed by atoms with van der Waals surface area (Å²) in [5, 5.41) is 11.9. The molecule has 0 amide bonds.